The van der Waals surface area contributed by atoms with Crippen LogP contribution in [0.3, 0.4) is 0 Å². The summed E-state index contributed by atoms with van der Waals surface area (Å²) < 4.78 is 0. The van der Waals surface area contributed by atoms with E-state index in [9.17, 15) is 9.59 Å². The van der Waals surface area contributed by atoms with Crippen molar-refractivity contribution in [3.05, 3.63) is 66.2 Å². The zero-order chi connectivity index (χ0) is 16.1. The number of carbonyl (C=O) groups excluding carboxylic acids is 2. The molecule has 118 valence electrons. The molecular formula is C19H20N2O2. The van der Waals surface area contributed by atoms with Crippen molar-refractivity contribution in [2.75, 3.05) is 11.9 Å². The molecule has 3 rings (SSSR count). The fraction of sp³-hybridized carbons (Fsp3) is 0.263. The fourth-order valence-electron chi connectivity index (χ4n) is 2.96. The first-order valence-electron chi connectivity index (χ1n) is 7.93. The van der Waals surface area contributed by atoms with Crippen molar-refractivity contribution >= 4 is 17.5 Å². The Labute approximate surface area is 136 Å². The highest BCUT2D eigenvalue weighted by Gasteiger charge is 2.33. The normalized spacial score (nSPS) is 17.0. The second kappa shape index (κ2) is 7.09. The first-order chi connectivity index (χ1) is 11.2. The lowest BCUT2D eigenvalue weighted by atomic mass is 10.1. The maximum atomic E-state index is 12.5. The highest BCUT2D eigenvalue weighted by atomic mass is 16.2. The number of nitrogens with one attached hydrogen (secondary N) is 1. The first kappa shape index (κ1) is 15.3. The molecule has 1 fully saturated rings. The fourth-order valence-corrected chi connectivity index (χ4v) is 2.96. The molecule has 0 saturated carbocycles. The van der Waals surface area contributed by atoms with E-state index in [-0.39, 0.29) is 17.9 Å². The molecule has 0 aliphatic carbocycles. The van der Waals surface area contributed by atoms with Gasteiger partial charge in [0.1, 0.15) is 6.04 Å². The number of rotatable bonds is 4. The van der Waals surface area contributed by atoms with Gasteiger partial charge in [-0.15, -0.1) is 0 Å². The third-order valence-electron chi connectivity index (χ3n) is 4.12. The van der Waals surface area contributed by atoms with E-state index in [0.29, 0.717) is 13.0 Å². The van der Waals surface area contributed by atoms with E-state index in [0.717, 1.165) is 24.1 Å². The summed E-state index contributed by atoms with van der Waals surface area (Å²) >= 11 is 0. The van der Waals surface area contributed by atoms with Gasteiger partial charge >= 0.3 is 0 Å². The van der Waals surface area contributed by atoms with Gasteiger partial charge in [0.05, 0.1) is 6.42 Å². The van der Waals surface area contributed by atoms with Crippen molar-refractivity contribution in [2.24, 2.45) is 0 Å². The SMILES string of the molecule is O=C(Nc1ccccc1)[C@@H]1CCCN1C(=O)Cc1ccccc1. The molecule has 1 heterocycles. The average Bonchev–Trinajstić information content (AvgIpc) is 3.06. The summed E-state index contributed by atoms with van der Waals surface area (Å²) in [5, 5.41) is 2.90. The maximum Gasteiger partial charge on any atom is 0.247 e. The van der Waals surface area contributed by atoms with E-state index >= 15 is 0 Å². The molecule has 1 saturated heterocycles. The molecule has 0 radical (unpaired) electrons. The van der Waals surface area contributed by atoms with E-state index in [4.69, 9.17) is 0 Å². The van der Waals surface area contributed by atoms with Crippen molar-refractivity contribution < 1.29 is 9.59 Å². The lowest BCUT2D eigenvalue weighted by Gasteiger charge is -2.24. The second-order valence-corrected chi connectivity index (χ2v) is 5.76. The van der Waals surface area contributed by atoms with Crippen LogP contribution in [0.15, 0.2) is 60.7 Å². The molecule has 1 aliphatic rings. The first-order valence-corrected chi connectivity index (χ1v) is 7.93. The van der Waals surface area contributed by atoms with E-state index in [2.05, 4.69) is 5.32 Å². The molecule has 2 amide bonds. The molecule has 4 heteroatoms. The number of anilines is 1. The van der Waals surface area contributed by atoms with Gasteiger partial charge < -0.3 is 10.2 Å². The minimum Gasteiger partial charge on any atom is -0.330 e. The summed E-state index contributed by atoms with van der Waals surface area (Å²) in [6.45, 7) is 0.651. The number of hydrogen-bond acceptors (Lipinski definition) is 2. The van der Waals surface area contributed by atoms with E-state index < -0.39 is 0 Å². The summed E-state index contributed by atoms with van der Waals surface area (Å²) in [4.78, 5) is 26.7. The standard InChI is InChI=1S/C19H20N2O2/c22-18(14-15-8-3-1-4-9-15)21-13-7-12-17(21)19(23)20-16-10-5-2-6-11-16/h1-6,8-11,17H,7,12-14H2,(H,20,23)/t17-/m0/s1. The van der Waals surface area contributed by atoms with Gasteiger partial charge in [0.25, 0.3) is 0 Å². The van der Waals surface area contributed by atoms with Crippen molar-refractivity contribution in [1.82, 2.24) is 4.90 Å². The smallest absolute Gasteiger partial charge is 0.247 e. The predicted octanol–water partition coefficient (Wildman–Crippen LogP) is 2.86. The average molecular weight is 308 g/mol. The largest absolute Gasteiger partial charge is 0.330 e. The zero-order valence-corrected chi connectivity index (χ0v) is 12.9. The van der Waals surface area contributed by atoms with Gasteiger partial charge in [-0.2, -0.15) is 0 Å². The Morgan fingerprint density at radius 1 is 1.00 bits per heavy atom. The second-order valence-electron chi connectivity index (χ2n) is 5.76. The van der Waals surface area contributed by atoms with Crippen molar-refractivity contribution in [2.45, 2.75) is 25.3 Å². The quantitative estimate of drug-likeness (QED) is 0.944. The van der Waals surface area contributed by atoms with Gasteiger partial charge in [0, 0.05) is 12.2 Å². The van der Waals surface area contributed by atoms with Gasteiger partial charge in [-0.25, -0.2) is 0 Å². The van der Waals surface area contributed by atoms with Crippen LogP contribution in [-0.2, 0) is 16.0 Å². The lowest BCUT2D eigenvalue weighted by molar-refractivity contribution is -0.136. The number of carbonyl (C=O) groups is 2. The van der Waals surface area contributed by atoms with E-state index in [1.807, 2.05) is 60.7 Å². The van der Waals surface area contributed by atoms with Crippen LogP contribution in [0.1, 0.15) is 18.4 Å². The van der Waals surface area contributed by atoms with Crippen molar-refractivity contribution in [1.29, 1.82) is 0 Å². The Morgan fingerprint density at radius 2 is 1.65 bits per heavy atom. The monoisotopic (exact) mass is 308 g/mol. The number of hydrogen-bond donors (Lipinski definition) is 1. The van der Waals surface area contributed by atoms with Gasteiger partial charge in [-0.3, -0.25) is 9.59 Å². The molecule has 0 bridgehead atoms. The van der Waals surface area contributed by atoms with Gasteiger partial charge in [-0.05, 0) is 30.5 Å². The molecule has 23 heavy (non-hydrogen) atoms. The Bertz CT molecular complexity index is 611. The topological polar surface area (TPSA) is 49.4 Å². The van der Waals surface area contributed by atoms with Crippen LogP contribution in [0.5, 0.6) is 0 Å². The Balaban J connectivity index is 1.65. The third-order valence-corrected chi connectivity index (χ3v) is 4.12. The predicted molar refractivity (Wildman–Crippen MR) is 90.0 cm³/mol. The summed E-state index contributed by atoms with van der Waals surface area (Å²) in [6, 6.07) is 18.6. The molecule has 2 aromatic rings. The van der Waals surface area contributed by atoms with Crippen molar-refractivity contribution in [3.63, 3.8) is 0 Å². The van der Waals surface area contributed by atoms with Gasteiger partial charge in [-0.1, -0.05) is 48.5 Å². The molecule has 4 nitrogen and oxygen atoms in total. The summed E-state index contributed by atoms with van der Waals surface area (Å²) in [7, 11) is 0. The minimum absolute atomic E-state index is 0.0157. The molecule has 0 unspecified atom stereocenters. The molecule has 1 atom stereocenters. The summed E-state index contributed by atoms with van der Waals surface area (Å²) in [6.07, 6.45) is 1.93. The number of likely N-dealkylation sites (tertiary alicyclic amines) is 1. The molecule has 1 aliphatic heterocycles. The maximum absolute atomic E-state index is 12.5. The van der Waals surface area contributed by atoms with E-state index in [1.54, 1.807) is 4.90 Å². The number of nitrogens with zero attached hydrogens (tertiary/aromatic N) is 1. The summed E-state index contributed by atoms with van der Waals surface area (Å²) in [5.41, 5.74) is 1.74. The number of para-hydroxylation sites is 1. The Kier molecular flexibility index (Phi) is 4.71. The molecule has 0 aromatic heterocycles. The summed E-state index contributed by atoms with van der Waals surface area (Å²) in [5.74, 6) is -0.0861. The van der Waals surface area contributed by atoms with Crippen LogP contribution < -0.4 is 5.32 Å². The van der Waals surface area contributed by atoms with Crippen LogP contribution in [0.2, 0.25) is 0 Å². The lowest BCUT2D eigenvalue weighted by Crippen LogP contribution is -2.43. The minimum atomic E-state index is -0.369. The molecule has 2 aromatic carbocycles. The van der Waals surface area contributed by atoms with Crippen LogP contribution in [-0.4, -0.2) is 29.3 Å². The van der Waals surface area contributed by atoms with Crippen LogP contribution in [0.25, 0.3) is 0 Å². The van der Waals surface area contributed by atoms with Crippen molar-refractivity contribution in [3.8, 4) is 0 Å². The van der Waals surface area contributed by atoms with Gasteiger partial charge in [0.2, 0.25) is 11.8 Å². The van der Waals surface area contributed by atoms with E-state index in [1.165, 1.54) is 0 Å². The third kappa shape index (κ3) is 3.77. The molecular weight excluding hydrogens is 288 g/mol. The van der Waals surface area contributed by atoms with Crippen LogP contribution >= 0.6 is 0 Å². The molecule has 0 spiro atoms. The highest BCUT2D eigenvalue weighted by Crippen LogP contribution is 2.20. The van der Waals surface area contributed by atoms with Crippen LogP contribution in [0, 0.1) is 0 Å². The zero-order valence-electron chi connectivity index (χ0n) is 12.9. The molecule has 1 N–H and O–H groups in total. The Morgan fingerprint density at radius 3 is 2.35 bits per heavy atom. The number of amides is 2. The highest BCUT2D eigenvalue weighted by molar-refractivity contribution is 5.97. The Hall–Kier alpha value is -2.62. The van der Waals surface area contributed by atoms with Crippen LogP contribution in [0.4, 0.5) is 5.69 Å². The number of benzene rings is 2. The van der Waals surface area contributed by atoms with Gasteiger partial charge in [0.15, 0.2) is 0 Å².